The number of sulfone groups is 1. The van der Waals surface area contributed by atoms with Crippen LogP contribution < -0.4 is 0 Å². The highest BCUT2D eigenvalue weighted by Crippen LogP contribution is 2.33. The van der Waals surface area contributed by atoms with E-state index in [9.17, 15) is 8.42 Å². The Morgan fingerprint density at radius 1 is 1.04 bits per heavy atom. The Kier molecular flexibility index (Phi) is 6.52. The molecule has 1 unspecified atom stereocenters. The zero-order valence-corrected chi connectivity index (χ0v) is 16.7. The summed E-state index contributed by atoms with van der Waals surface area (Å²) in [5, 5.41) is 0. The molecule has 0 N–H and O–H groups in total. The van der Waals surface area contributed by atoms with Crippen molar-refractivity contribution in [2.45, 2.75) is 89.7 Å². The van der Waals surface area contributed by atoms with Gasteiger partial charge in [0.2, 0.25) is 0 Å². The first-order valence-corrected chi connectivity index (χ1v) is 11.2. The summed E-state index contributed by atoms with van der Waals surface area (Å²) in [5.41, 5.74) is 4.59. The number of hydrogen-bond donors (Lipinski definition) is 0. The lowest BCUT2D eigenvalue weighted by Crippen LogP contribution is -2.30. The van der Waals surface area contributed by atoms with Crippen molar-refractivity contribution in [3.63, 3.8) is 0 Å². The smallest absolute Gasteiger partial charge is 0.155 e. The quantitative estimate of drug-likeness (QED) is 0.585. The van der Waals surface area contributed by atoms with Crippen LogP contribution in [0, 0.1) is 0 Å². The molecule has 24 heavy (non-hydrogen) atoms. The van der Waals surface area contributed by atoms with Crippen molar-refractivity contribution < 1.29 is 8.42 Å². The van der Waals surface area contributed by atoms with E-state index in [1.165, 1.54) is 31.2 Å². The molecule has 1 aliphatic rings. The maximum absolute atomic E-state index is 12.0. The second kappa shape index (κ2) is 8.03. The van der Waals surface area contributed by atoms with Crippen molar-refractivity contribution in [1.29, 1.82) is 0 Å². The highest BCUT2D eigenvalue weighted by Gasteiger charge is 2.27. The lowest BCUT2D eigenvalue weighted by molar-refractivity contribution is 0.552. The fourth-order valence-electron chi connectivity index (χ4n) is 3.47. The van der Waals surface area contributed by atoms with Gasteiger partial charge in [0.15, 0.2) is 9.84 Å². The normalized spacial score (nSPS) is 17.9. The standard InChI is InChI=1S/C21H34O2S/c1-17-11-13-19-14-12-18(16-20(17)19)10-8-6-5-7-9-15-24(22,23)21(2,3)4/h12,14,16-17H,5-11,13,15H2,1-4H3. The topological polar surface area (TPSA) is 34.1 Å². The predicted octanol–water partition coefficient (Wildman–Crippen LogP) is 5.44. The molecule has 0 fully saturated rings. The highest BCUT2D eigenvalue weighted by atomic mass is 32.2. The van der Waals surface area contributed by atoms with E-state index in [-0.39, 0.29) is 0 Å². The summed E-state index contributed by atoms with van der Waals surface area (Å²) in [6.45, 7) is 7.71. The number of benzene rings is 1. The van der Waals surface area contributed by atoms with E-state index in [4.69, 9.17) is 0 Å². The Bertz CT molecular complexity index is 638. The molecule has 1 aromatic carbocycles. The minimum Gasteiger partial charge on any atom is -0.228 e. The van der Waals surface area contributed by atoms with Gasteiger partial charge in [-0.3, -0.25) is 0 Å². The molecule has 0 saturated heterocycles. The molecule has 1 atom stereocenters. The molecule has 2 nitrogen and oxygen atoms in total. The largest absolute Gasteiger partial charge is 0.228 e. The van der Waals surface area contributed by atoms with Crippen molar-refractivity contribution in [2.75, 3.05) is 5.75 Å². The van der Waals surface area contributed by atoms with Crippen molar-refractivity contribution in [3.05, 3.63) is 34.9 Å². The van der Waals surface area contributed by atoms with Gasteiger partial charge in [-0.1, -0.05) is 44.4 Å². The van der Waals surface area contributed by atoms with Crippen molar-refractivity contribution in [3.8, 4) is 0 Å². The summed E-state index contributed by atoms with van der Waals surface area (Å²) in [5.74, 6) is 1.06. The maximum Gasteiger partial charge on any atom is 0.155 e. The molecule has 0 aromatic heterocycles. The van der Waals surface area contributed by atoms with E-state index in [1.807, 2.05) is 0 Å². The number of aryl methyl sites for hydroxylation is 2. The van der Waals surface area contributed by atoms with Crippen LogP contribution in [0.1, 0.15) is 88.8 Å². The van der Waals surface area contributed by atoms with Gasteiger partial charge < -0.3 is 0 Å². The molecule has 0 bridgehead atoms. The zero-order valence-electron chi connectivity index (χ0n) is 15.9. The summed E-state index contributed by atoms with van der Waals surface area (Å²) in [7, 11) is -2.94. The summed E-state index contributed by atoms with van der Waals surface area (Å²) in [6.07, 6.45) is 9.07. The van der Waals surface area contributed by atoms with Gasteiger partial charge in [-0.15, -0.1) is 0 Å². The van der Waals surface area contributed by atoms with Gasteiger partial charge in [0.05, 0.1) is 10.5 Å². The Labute approximate surface area is 149 Å². The molecule has 0 amide bonds. The third-order valence-corrected chi connectivity index (χ3v) is 8.09. The SMILES string of the molecule is CC1CCc2ccc(CCCCCCCS(=O)(=O)C(C)(C)C)cc21. The Morgan fingerprint density at radius 2 is 1.71 bits per heavy atom. The van der Waals surface area contributed by atoms with Crippen molar-refractivity contribution >= 4 is 9.84 Å². The zero-order chi connectivity index (χ0) is 17.8. The van der Waals surface area contributed by atoms with Crippen LogP contribution in [-0.2, 0) is 22.7 Å². The van der Waals surface area contributed by atoms with Gasteiger partial charge in [-0.2, -0.15) is 0 Å². The number of unbranched alkanes of at least 4 members (excludes halogenated alkanes) is 4. The van der Waals surface area contributed by atoms with Gasteiger partial charge in [-0.25, -0.2) is 8.42 Å². The van der Waals surface area contributed by atoms with Crippen molar-refractivity contribution in [2.24, 2.45) is 0 Å². The fraction of sp³-hybridized carbons (Fsp3) is 0.714. The minimum absolute atomic E-state index is 0.333. The van der Waals surface area contributed by atoms with E-state index in [0.29, 0.717) is 5.75 Å². The Hall–Kier alpha value is -0.830. The van der Waals surface area contributed by atoms with Crippen LogP contribution in [0.4, 0.5) is 0 Å². The predicted molar refractivity (Wildman–Crippen MR) is 104 cm³/mol. The van der Waals surface area contributed by atoms with E-state index in [2.05, 4.69) is 25.1 Å². The van der Waals surface area contributed by atoms with Crippen LogP contribution in [0.3, 0.4) is 0 Å². The van der Waals surface area contributed by atoms with Gasteiger partial charge in [-0.05, 0) is 75.5 Å². The molecule has 3 heteroatoms. The van der Waals surface area contributed by atoms with Crippen LogP contribution in [0.2, 0.25) is 0 Å². The molecular weight excluding hydrogens is 316 g/mol. The number of hydrogen-bond acceptors (Lipinski definition) is 2. The molecule has 0 heterocycles. The lowest BCUT2D eigenvalue weighted by atomic mass is 9.98. The summed E-state index contributed by atoms with van der Waals surface area (Å²) in [6, 6.07) is 7.04. The Morgan fingerprint density at radius 3 is 2.42 bits per heavy atom. The molecule has 136 valence electrons. The van der Waals surface area contributed by atoms with Crippen LogP contribution in [0.25, 0.3) is 0 Å². The minimum atomic E-state index is -2.94. The van der Waals surface area contributed by atoms with E-state index < -0.39 is 14.6 Å². The first-order chi connectivity index (χ1) is 11.2. The molecular formula is C21H34O2S. The van der Waals surface area contributed by atoms with Crippen LogP contribution >= 0.6 is 0 Å². The van der Waals surface area contributed by atoms with E-state index in [0.717, 1.165) is 31.6 Å². The van der Waals surface area contributed by atoms with Crippen LogP contribution in [0.15, 0.2) is 18.2 Å². The molecule has 0 saturated carbocycles. The lowest BCUT2D eigenvalue weighted by Gasteiger charge is -2.18. The van der Waals surface area contributed by atoms with E-state index >= 15 is 0 Å². The molecule has 2 rings (SSSR count). The Balaban J connectivity index is 1.63. The second-order valence-corrected chi connectivity index (χ2v) is 11.3. The van der Waals surface area contributed by atoms with Gasteiger partial charge in [0.1, 0.15) is 0 Å². The number of rotatable bonds is 8. The fourth-order valence-corrected chi connectivity index (χ4v) is 4.67. The van der Waals surface area contributed by atoms with E-state index in [1.54, 1.807) is 31.9 Å². The maximum atomic E-state index is 12.0. The third kappa shape index (κ3) is 5.08. The first kappa shape index (κ1) is 19.5. The molecule has 0 radical (unpaired) electrons. The van der Waals surface area contributed by atoms with Crippen molar-refractivity contribution in [1.82, 2.24) is 0 Å². The average molecular weight is 351 g/mol. The molecule has 1 aromatic rings. The van der Waals surface area contributed by atoms with Gasteiger partial charge >= 0.3 is 0 Å². The number of fused-ring (bicyclic) bond motifs is 1. The molecule has 0 spiro atoms. The second-order valence-electron chi connectivity index (χ2n) is 8.42. The third-order valence-electron chi connectivity index (χ3n) is 5.40. The monoisotopic (exact) mass is 350 g/mol. The van der Waals surface area contributed by atoms with Crippen LogP contribution in [-0.4, -0.2) is 18.9 Å². The van der Waals surface area contributed by atoms with Gasteiger partial charge in [0.25, 0.3) is 0 Å². The van der Waals surface area contributed by atoms with Gasteiger partial charge in [0, 0.05) is 0 Å². The summed E-state index contributed by atoms with van der Waals surface area (Å²) >= 11 is 0. The summed E-state index contributed by atoms with van der Waals surface area (Å²) < 4.78 is 23.5. The average Bonchev–Trinajstić information content (AvgIpc) is 2.86. The molecule has 1 aliphatic carbocycles. The molecule has 0 aliphatic heterocycles. The first-order valence-electron chi connectivity index (χ1n) is 9.55. The summed E-state index contributed by atoms with van der Waals surface area (Å²) in [4.78, 5) is 0. The highest BCUT2D eigenvalue weighted by molar-refractivity contribution is 7.92. The van der Waals surface area contributed by atoms with Crippen LogP contribution in [0.5, 0.6) is 0 Å².